The van der Waals surface area contributed by atoms with Crippen LogP contribution in [-0.2, 0) is 4.79 Å². The number of rotatable bonds is 1. The third-order valence-corrected chi connectivity index (χ3v) is 2.30. The van der Waals surface area contributed by atoms with Crippen molar-refractivity contribution < 1.29 is 4.79 Å². The van der Waals surface area contributed by atoms with E-state index in [-0.39, 0.29) is 0 Å². The van der Waals surface area contributed by atoms with Crippen LogP contribution in [0.15, 0.2) is 0 Å². The Hall–Kier alpha value is -0.530. The molecule has 0 aliphatic carbocycles. The summed E-state index contributed by atoms with van der Waals surface area (Å²) in [5.41, 5.74) is 0.458. The zero-order valence-corrected chi connectivity index (χ0v) is 6.76. The van der Waals surface area contributed by atoms with E-state index in [1.54, 1.807) is 0 Å². The molecule has 1 aliphatic rings. The van der Waals surface area contributed by atoms with E-state index in [9.17, 15) is 4.79 Å². The minimum absolute atomic E-state index is 0.458. The molecule has 58 valence electrons. The van der Waals surface area contributed by atoms with Crippen LogP contribution in [0.4, 0.5) is 0 Å². The van der Waals surface area contributed by atoms with E-state index < -0.39 is 0 Å². The van der Waals surface area contributed by atoms with Gasteiger partial charge in [0, 0.05) is 13.1 Å². The van der Waals surface area contributed by atoms with Crippen LogP contribution in [0.2, 0.25) is 0 Å². The lowest BCUT2D eigenvalue weighted by Crippen LogP contribution is -2.36. The third-order valence-electron chi connectivity index (χ3n) is 2.30. The lowest BCUT2D eigenvalue weighted by molar-refractivity contribution is -0.119. The van der Waals surface area contributed by atoms with Crippen LogP contribution < -0.4 is 0 Å². The molecule has 1 heterocycles. The fourth-order valence-corrected chi connectivity index (χ4v) is 1.23. The highest BCUT2D eigenvalue weighted by Crippen LogP contribution is 2.28. The predicted molar refractivity (Wildman–Crippen MR) is 40.7 cm³/mol. The van der Waals surface area contributed by atoms with Crippen molar-refractivity contribution in [3.8, 4) is 0 Å². The highest BCUT2D eigenvalue weighted by molar-refractivity contribution is 5.47. The summed E-state index contributed by atoms with van der Waals surface area (Å²) in [5, 5.41) is 0. The molecule has 1 amide bonds. The van der Waals surface area contributed by atoms with Gasteiger partial charge in [-0.1, -0.05) is 13.8 Å². The largest absolute Gasteiger partial charge is 0.345 e. The molecule has 0 aromatic heterocycles. The van der Waals surface area contributed by atoms with Crippen molar-refractivity contribution in [3.05, 3.63) is 0 Å². The molecule has 1 aliphatic heterocycles. The van der Waals surface area contributed by atoms with E-state index in [0.717, 1.165) is 32.3 Å². The fourth-order valence-electron chi connectivity index (χ4n) is 1.23. The molecule has 0 N–H and O–H groups in total. The standard InChI is InChI=1S/C8H15NO/c1-8(2)3-5-9(7-10)6-4-8/h7H,3-6H2,1-2H3. The minimum atomic E-state index is 0.458. The zero-order valence-electron chi connectivity index (χ0n) is 6.76. The van der Waals surface area contributed by atoms with Gasteiger partial charge in [-0.05, 0) is 18.3 Å². The maximum absolute atomic E-state index is 10.3. The SMILES string of the molecule is CC1(C)CCN(C=O)CC1. The molecular weight excluding hydrogens is 126 g/mol. The normalized spacial score (nSPS) is 24.4. The van der Waals surface area contributed by atoms with Crippen LogP contribution in [-0.4, -0.2) is 24.4 Å². The van der Waals surface area contributed by atoms with Crippen molar-refractivity contribution in [1.29, 1.82) is 0 Å². The molecule has 0 bridgehead atoms. The molecule has 0 aromatic carbocycles. The second-order valence-electron chi connectivity index (χ2n) is 3.81. The number of nitrogens with zero attached hydrogens (tertiary/aromatic N) is 1. The van der Waals surface area contributed by atoms with Crippen LogP contribution >= 0.6 is 0 Å². The number of likely N-dealkylation sites (tertiary alicyclic amines) is 1. The Morgan fingerprint density at radius 2 is 1.80 bits per heavy atom. The number of carbonyl (C=O) groups is 1. The quantitative estimate of drug-likeness (QED) is 0.503. The fraction of sp³-hybridized carbons (Fsp3) is 0.875. The number of carbonyl (C=O) groups excluding carboxylic acids is 1. The Morgan fingerprint density at radius 1 is 1.30 bits per heavy atom. The van der Waals surface area contributed by atoms with Crippen LogP contribution in [0.5, 0.6) is 0 Å². The van der Waals surface area contributed by atoms with Crippen molar-refractivity contribution in [1.82, 2.24) is 4.90 Å². The van der Waals surface area contributed by atoms with Crippen LogP contribution in [0.1, 0.15) is 26.7 Å². The van der Waals surface area contributed by atoms with Gasteiger partial charge in [-0.2, -0.15) is 0 Å². The van der Waals surface area contributed by atoms with E-state index in [0.29, 0.717) is 5.41 Å². The smallest absolute Gasteiger partial charge is 0.209 e. The molecule has 0 unspecified atom stereocenters. The maximum Gasteiger partial charge on any atom is 0.209 e. The monoisotopic (exact) mass is 141 g/mol. The first-order chi connectivity index (χ1) is 4.64. The Balaban J connectivity index is 2.38. The van der Waals surface area contributed by atoms with Gasteiger partial charge in [0.05, 0.1) is 0 Å². The van der Waals surface area contributed by atoms with Crippen molar-refractivity contribution in [2.24, 2.45) is 5.41 Å². The molecule has 2 nitrogen and oxygen atoms in total. The highest BCUT2D eigenvalue weighted by Gasteiger charge is 2.23. The zero-order chi connectivity index (χ0) is 7.61. The Kier molecular flexibility index (Phi) is 1.97. The number of amides is 1. The summed E-state index contributed by atoms with van der Waals surface area (Å²) in [6.45, 7) is 6.40. The van der Waals surface area contributed by atoms with Gasteiger partial charge in [-0.3, -0.25) is 4.79 Å². The van der Waals surface area contributed by atoms with E-state index in [1.165, 1.54) is 0 Å². The van der Waals surface area contributed by atoms with Gasteiger partial charge in [-0.25, -0.2) is 0 Å². The summed E-state index contributed by atoms with van der Waals surface area (Å²) < 4.78 is 0. The first-order valence-corrected chi connectivity index (χ1v) is 3.83. The van der Waals surface area contributed by atoms with Crippen LogP contribution in [0.25, 0.3) is 0 Å². The second kappa shape index (κ2) is 2.60. The Morgan fingerprint density at radius 3 is 2.20 bits per heavy atom. The highest BCUT2D eigenvalue weighted by atomic mass is 16.1. The van der Waals surface area contributed by atoms with Gasteiger partial charge in [0.15, 0.2) is 0 Å². The predicted octanol–water partition coefficient (Wildman–Crippen LogP) is 1.26. The van der Waals surface area contributed by atoms with E-state index in [2.05, 4.69) is 13.8 Å². The summed E-state index contributed by atoms with van der Waals surface area (Å²) in [5.74, 6) is 0. The third kappa shape index (κ3) is 1.72. The van der Waals surface area contributed by atoms with Gasteiger partial charge in [0.2, 0.25) is 6.41 Å². The van der Waals surface area contributed by atoms with E-state index in [4.69, 9.17) is 0 Å². The lowest BCUT2D eigenvalue weighted by Gasteiger charge is -2.34. The van der Waals surface area contributed by atoms with Gasteiger partial charge < -0.3 is 4.90 Å². The van der Waals surface area contributed by atoms with Crippen LogP contribution in [0, 0.1) is 5.41 Å². The first kappa shape index (κ1) is 7.58. The average Bonchev–Trinajstić information content (AvgIpc) is 1.88. The molecule has 0 radical (unpaired) electrons. The Bertz CT molecular complexity index is 121. The van der Waals surface area contributed by atoms with Crippen molar-refractivity contribution in [2.45, 2.75) is 26.7 Å². The summed E-state index contributed by atoms with van der Waals surface area (Å²) >= 11 is 0. The second-order valence-corrected chi connectivity index (χ2v) is 3.81. The summed E-state index contributed by atoms with van der Waals surface area (Å²) in [6.07, 6.45) is 3.24. The molecule has 0 aromatic rings. The van der Waals surface area contributed by atoms with Gasteiger partial charge in [0.1, 0.15) is 0 Å². The number of piperidine rings is 1. The molecule has 2 heteroatoms. The Labute approximate surface area is 62.2 Å². The minimum Gasteiger partial charge on any atom is -0.345 e. The topological polar surface area (TPSA) is 20.3 Å². The molecule has 0 saturated carbocycles. The van der Waals surface area contributed by atoms with E-state index in [1.807, 2.05) is 4.90 Å². The molecule has 1 saturated heterocycles. The lowest BCUT2D eigenvalue weighted by atomic mass is 9.83. The number of hydrogen-bond donors (Lipinski definition) is 0. The first-order valence-electron chi connectivity index (χ1n) is 3.83. The molecule has 1 fully saturated rings. The molecule has 10 heavy (non-hydrogen) atoms. The summed E-state index contributed by atoms with van der Waals surface area (Å²) in [7, 11) is 0. The molecule has 1 rings (SSSR count). The summed E-state index contributed by atoms with van der Waals surface area (Å²) in [6, 6.07) is 0. The summed E-state index contributed by atoms with van der Waals surface area (Å²) in [4.78, 5) is 12.1. The van der Waals surface area contributed by atoms with Crippen LogP contribution in [0.3, 0.4) is 0 Å². The molecule has 0 spiro atoms. The van der Waals surface area contributed by atoms with Gasteiger partial charge in [0.25, 0.3) is 0 Å². The average molecular weight is 141 g/mol. The molecular formula is C8H15NO. The van der Waals surface area contributed by atoms with Gasteiger partial charge >= 0.3 is 0 Å². The van der Waals surface area contributed by atoms with Crippen molar-refractivity contribution >= 4 is 6.41 Å². The maximum atomic E-state index is 10.3. The van der Waals surface area contributed by atoms with Gasteiger partial charge in [-0.15, -0.1) is 0 Å². The van der Waals surface area contributed by atoms with Crippen molar-refractivity contribution in [2.75, 3.05) is 13.1 Å². The van der Waals surface area contributed by atoms with E-state index >= 15 is 0 Å². The molecule has 0 atom stereocenters. The van der Waals surface area contributed by atoms with Crippen molar-refractivity contribution in [3.63, 3.8) is 0 Å². The number of hydrogen-bond acceptors (Lipinski definition) is 1.